The molecule has 0 N–H and O–H groups in total. The van der Waals surface area contributed by atoms with E-state index in [4.69, 9.17) is 11.6 Å². The Morgan fingerprint density at radius 1 is 1.15 bits per heavy atom. The molecule has 27 heavy (non-hydrogen) atoms. The van der Waals surface area contributed by atoms with Crippen molar-refractivity contribution in [3.8, 4) is 0 Å². The predicted molar refractivity (Wildman–Crippen MR) is 114 cm³/mol. The molecule has 5 nitrogen and oxygen atoms in total. The van der Waals surface area contributed by atoms with E-state index < -0.39 is 0 Å². The van der Waals surface area contributed by atoms with Gasteiger partial charge in [0.1, 0.15) is 5.52 Å². The molecule has 0 fully saturated rings. The van der Waals surface area contributed by atoms with Crippen molar-refractivity contribution in [2.24, 2.45) is 0 Å². The fourth-order valence-electron chi connectivity index (χ4n) is 2.75. The topological polar surface area (TPSA) is 49.3 Å². The van der Waals surface area contributed by atoms with Gasteiger partial charge in [0.25, 0.3) is 5.91 Å². The summed E-state index contributed by atoms with van der Waals surface area (Å²) in [6.45, 7) is 1.28. The van der Waals surface area contributed by atoms with Gasteiger partial charge >= 0.3 is 0 Å². The van der Waals surface area contributed by atoms with Crippen molar-refractivity contribution >= 4 is 65.7 Å². The van der Waals surface area contributed by atoms with Crippen molar-refractivity contribution in [3.63, 3.8) is 0 Å². The summed E-state index contributed by atoms with van der Waals surface area (Å²) in [4.78, 5) is 26.0. The van der Waals surface area contributed by atoms with Crippen LogP contribution in [0.2, 0.25) is 5.02 Å². The minimum Gasteiger partial charge on any atom is -0.308 e. The van der Waals surface area contributed by atoms with Crippen molar-refractivity contribution in [1.29, 1.82) is 0 Å². The largest absolute Gasteiger partial charge is 0.308 e. The molecular formula is C19H17ClN4OS2. The number of hydrogen-bond donors (Lipinski definition) is 0. The molecule has 1 amide bonds. The third-order valence-corrected chi connectivity index (χ3v) is 6.32. The van der Waals surface area contributed by atoms with E-state index in [0.717, 1.165) is 27.0 Å². The van der Waals surface area contributed by atoms with Crippen LogP contribution < -0.4 is 4.90 Å². The average Bonchev–Trinajstić information content (AvgIpc) is 3.28. The Labute approximate surface area is 169 Å². The molecule has 0 atom stereocenters. The minimum absolute atomic E-state index is 0.0673. The Bertz CT molecular complexity index is 1120. The van der Waals surface area contributed by atoms with Crippen LogP contribution in [0.4, 0.5) is 5.13 Å². The maximum atomic E-state index is 13.3. The number of halogens is 1. The zero-order valence-electron chi connectivity index (χ0n) is 14.8. The van der Waals surface area contributed by atoms with Crippen molar-refractivity contribution in [2.75, 3.05) is 32.1 Å². The molecule has 0 saturated heterocycles. The monoisotopic (exact) mass is 416 g/mol. The first-order valence-electron chi connectivity index (χ1n) is 8.38. The van der Waals surface area contributed by atoms with Crippen LogP contribution in [0.25, 0.3) is 20.4 Å². The number of fused-ring (bicyclic) bond motifs is 2. The van der Waals surface area contributed by atoms with E-state index in [1.54, 1.807) is 10.4 Å². The molecule has 2 aromatic heterocycles. The van der Waals surface area contributed by atoms with E-state index in [0.29, 0.717) is 22.3 Å². The first kappa shape index (κ1) is 18.3. The first-order chi connectivity index (χ1) is 13.0. The molecule has 2 heterocycles. The highest BCUT2D eigenvalue weighted by Crippen LogP contribution is 2.33. The Morgan fingerprint density at radius 2 is 2.00 bits per heavy atom. The number of carbonyl (C=O) groups excluding carboxylic acids is 1. The number of thiazole rings is 2. The molecule has 0 aliphatic rings. The number of nitrogens with zero attached hydrogens (tertiary/aromatic N) is 4. The summed E-state index contributed by atoms with van der Waals surface area (Å²) in [5.41, 5.74) is 4.07. The third kappa shape index (κ3) is 3.68. The van der Waals surface area contributed by atoms with Crippen LogP contribution in [-0.4, -0.2) is 48.0 Å². The SMILES string of the molecule is CN(C)CCN(C(=O)c1ccc2ncsc2c1)c1nc2c(Cl)cccc2s1. The van der Waals surface area contributed by atoms with E-state index in [1.807, 2.05) is 55.4 Å². The van der Waals surface area contributed by atoms with Crippen LogP contribution in [0.5, 0.6) is 0 Å². The van der Waals surface area contributed by atoms with Crippen LogP contribution in [0.15, 0.2) is 41.9 Å². The Kier molecular flexibility index (Phi) is 5.10. The van der Waals surface area contributed by atoms with Crippen LogP contribution in [0, 0.1) is 0 Å². The van der Waals surface area contributed by atoms with Crippen LogP contribution in [0.1, 0.15) is 10.4 Å². The maximum Gasteiger partial charge on any atom is 0.260 e. The second kappa shape index (κ2) is 7.52. The second-order valence-electron chi connectivity index (χ2n) is 6.38. The molecule has 0 spiro atoms. The summed E-state index contributed by atoms with van der Waals surface area (Å²) >= 11 is 9.29. The summed E-state index contributed by atoms with van der Waals surface area (Å²) in [6, 6.07) is 11.3. The number of carbonyl (C=O) groups is 1. The van der Waals surface area contributed by atoms with Gasteiger partial charge in [-0.25, -0.2) is 9.97 Å². The summed E-state index contributed by atoms with van der Waals surface area (Å²) in [7, 11) is 3.97. The zero-order valence-corrected chi connectivity index (χ0v) is 17.2. The number of hydrogen-bond acceptors (Lipinski definition) is 6. The lowest BCUT2D eigenvalue weighted by molar-refractivity contribution is 0.0985. The molecular weight excluding hydrogens is 400 g/mol. The average molecular weight is 417 g/mol. The number of aromatic nitrogens is 2. The highest BCUT2D eigenvalue weighted by atomic mass is 35.5. The summed E-state index contributed by atoms with van der Waals surface area (Å²) in [6.07, 6.45) is 0. The van der Waals surface area contributed by atoms with Gasteiger partial charge in [0, 0.05) is 18.7 Å². The molecule has 4 rings (SSSR count). The molecule has 0 saturated carbocycles. The third-order valence-electron chi connectivity index (χ3n) is 4.18. The fourth-order valence-corrected chi connectivity index (χ4v) is 4.75. The van der Waals surface area contributed by atoms with Gasteiger partial charge in [-0.3, -0.25) is 9.69 Å². The number of para-hydroxylation sites is 1. The van der Waals surface area contributed by atoms with Crippen molar-refractivity contribution in [2.45, 2.75) is 0 Å². The molecule has 4 aromatic rings. The lowest BCUT2D eigenvalue weighted by Crippen LogP contribution is -2.36. The van der Waals surface area contributed by atoms with Gasteiger partial charge < -0.3 is 4.90 Å². The van der Waals surface area contributed by atoms with Gasteiger partial charge in [-0.2, -0.15) is 0 Å². The van der Waals surface area contributed by atoms with Gasteiger partial charge in [-0.15, -0.1) is 11.3 Å². The number of benzene rings is 2. The lowest BCUT2D eigenvalue weighted by Gasteiger charge is -2.22. The maximum absolute atomic E-state index is 13.3. The standard InChI is InChI=1S/C19H17ClN4OS2/c1-23(2)8-9-24(19-22-17-13(20)4-3-5-15(17)27-19)18(25)12-6-7-14-16(10-12)26-11-21-14/h3-7,10-11H,8-9H2,1-2H3. The lowest BCUT2D eigenvalue weighted by atomic mass is 10.2. The molecule has 0 unspecified atom stereocenters. The summed E-state index contributed by atoms with van der Waals surface area (Å²) < 4.78 is 1.97. The van der Waals surface area contributed by atoms with E-state index in [1.165, 1.54) is 22.7 Å². The van der Waals surface area contributed by atoms with Crippen LogP contribution in [0.3, 0.4) is 0 Å². The highest BCUT2D eigenvalue weighted by Gasteiger charge is 2.22. The molecule has 0 bridgehead atoms. The molecule has 138 valence electrons. The quantitative estimate of drug-likeness (QED) is 0.470. The second-order valence-corrected chi connectivity index (χ2v) is 8.68. The minimum atomic E-state index is -0.0673. The molecule has 0 aliphatic heterocycles. The van der Waals surface area contributed by atoms with E-state index in [9.17, 15) is 4.79 Å². The molecule has 8 heteroatoms. The van der Waals surface area contributed by atoms with E-state index >= 15 is 0 Å². The summed E-state index contributed by atoms with van der Waals surface area (Å²) in [5.74, 6) is -0.0673. The Morgan fingerprint density at radius 3 is 2.78 bits per heavy atom. The Hall–Kier alpha value is -2.06. The number of likely N-dealkylation sites (N-methyl/N-ethyl adjacent to an activating group) is 1. The molecule has 0 radical (unpaired) electrons. The number of anilines is 1. The van der Waals surface area contributed by atoms with Crippen LogP contribution in [-0.2, 0) is 0 Å². The van der Waals surface area contributed by atoms with Gasteiger partial charge in [0.15, 0.2) is 5.13 Å². The van der Waals surface area contributed by atoms with Crippen molar-refractivity contribution in [3.05, 3.63) is 52.5 Å². The summed E-state index contributed by atoms with van der Waals surface area (Å²) in [5, 5.41) is 1.26. The molecule has 2 aromatic carbocycles. The van der Waals surface area contributed by atoms with Gasteiger partial charge in [-0.05, 0) is 44.4 Å². The number of amides is 1. The van der Waals surface area contributed by atoms with Gasteiger partial charge in [0.05, 0.1) is 25.4 Å². The molecule has 0 aliphatic carbocycles. The van der Waals surface area contributed by atoms with E-state index in [2.05, 4.69) is 9.97 Å². The van der Waals surface area contributed by atoms with E-state index in [-0.39, 0.29) is 5.91 Å². The van der Waals surface area contributed by atoms with Gasteiger partial charge in [0.2, 0.25) is 0 Å². The highest BCUT2D eigenvalue weighted by molar-refractivity contribution is 7.22. The Balaban J connectivity index is 1.74. The van der Waals surface area contributed by atoms with Crippen molar-refractivity contribution < 1.29 is 4.79 Å². The fraction of sp³-hybridized carbons (Fsp3) is 0.211. The zero-order chi connectivity index (χ0) is 19.0. The predicted octanol–water partition coefficient (Wildman–Crippen LogP) is 4.77. The number of rotatable bonds is 5. The van der Waals surface area contributed by atoms with Crippen molar-refractivity contribution in [1.82, 2.24) is 14.9 Å². The normalized spacial score (nSPS) is 11.6. The van der Waals surface area contributed by atoms with Crippen LogP contribution >= 0.6 is 34.3 Å². The smallest absolute Gasteiger partial charge is 0.260 e. The van der Waals surface area contributed by atoms with Gasteiger partial charge in [-0.1, -0.05) is 29.0 Å². The first-order valence-corrected chi connectivity index (χ1v) is 10.5.